The lowest BCUT2D eigenvalue weighted by Gasteiger charge is -2.16. The molecule has 1 aliphatic carbocycles. The summed E-state index contributed by atoms with van der Waals surface area (Å²) in [4.78, 5) is 8.37. The maximum atomic E-state index is 5.96. The van der Waals surface area contributed by atoms with E-state index in [0.29, 0.717) is 37.4 Å². The second-order valence-electron chi connectivity index (χ2n) is 5.90. The van der Waals surface area contributed by atoms with Gasteiger partial charge in [-0.1, -0.05) is 30.8 Å². The summed E-state index contributed by atoms with van der Waals surface area (Å²) in [6.45, 7) is 3.99. The number of hydrogen-bond donors (Lipinski definition) is 2. The van der Waals surface area contributed by atoms with Crippen molar-refractivity contribution >= 4 is 5.96 Å². The van der Waals surface area contributed by atoms with Gasteiger partial charge in [0.25, 0.3) is 0 Å². The first-order valence-corrected chi connectivity index (χ1v) is 8.63. The van der Waals surface area contributed by atoms with Crippen LogP contribution in [0.1, 0.15) is 50.2 Å². The first kappa shape index (κ1) is 17.7. The third kappa shape index (κ3) is 6.99. The number of hydrogen-bond acceptors (Lipinski definition) is 5. The minimum absolute atomic E-state index is 0.440. The lowest BCUT2D eigenvalue weighted by Crippen LogP contribution is -2.40. The molecule has 0 spiro atoms. The Morgan fingerprint density at radius 1 is 1.22 bits per heavy atom. The zero-order chi connectivity index (χ0) is 16.3. The predicted molar refractivity (Wildman–Crippen MR) is 89.5 cm³/mol. The monoisotopic (exact) mass is 323 g/mol. The maximum Gasteiger partial charge on any atom is 0.228 e. The van der Waals surface area contributed by atoms with Gasteiger partial charge in [-0.25, -0.2) is 0 Å². The van der Waals surface area contributed by atoms with E-state index in [1.54, 1.807) is 7.05 Å². The molecule has 23 heavy (non-hydrogen) atoms. The van der Waals surface area contributed by atoms with E-state index < -0.39 is 0 Å². The molecule has 0 atom stereocenters. The first-order chi connectivity index (χ1) is 11.3. The van der Waals surface area contributed by atoms with Gasteiger partial charge in [0.1, 0.15) is 0 Å². The Labute approximate surface area is 138 Å². The van der Waals surface area contributed by atoms with Gasteiger partial charge in [0.2, 0.25) is 5.89 Å². The average Bonchev–Trinajstić information content (AvgIpc) is 2.81. The van der Waals surface area contributed by atoms with Gasteiger partial charge in [0.15, 0.2) is 11.8 Å². The molecule has 7 nitrogen and oxygen atoms in total. The van der Waals surface area contributed by atoms with Crippen LogP contribution in [0.15, 0.2) is 9.52 Å². The normalized spacial score (nSPS) is 17.0. The number of aromatic nitrogens is 2. The van der Waals surface area contributed by atoms with E-state index in [1.807, 2.05) is 6.92 Å². The smallest absolute Gasteiger partial charge is 0.228 e. The van der Waals surface area contributed by atoms with Gasteiger partial charge in [-0.3, -0.25) is 4.99 Å². The van der Waals surface area contributed by atoms with Gasteiger partial charge < -0.3 is 19.9 Å². The molecule has 0 aliphatic heterocycles. The molecule has 2 rings (SSSR count). The van der Waals surface area contributed by atoms with Gasteiger partial charge >= 0.3 is 0 Å². The predicted octanol–water partition coefficient (Wildman–Crippen LogP) is 1.82. The molecule has 1 aliphatic rings. The van der Waals surface area contributed by atoms with Crippen molar-refractivity contribution in [3.8, 4) is 0 Å². The third-order valence-corrected chi connectivity index (χ3v) is 3.97. The van der Waals surface area contributed by atoms with Crippen molar-refractivity contribution in [3.63, 3.8) is 0 Å². The lowest BCUT2D eigenvalue weighted by molar-refractivity contribution is 0.0468. The van der Waals surface area contributed by atoms with Crippen molar-refractivity contribution in [1.29, 1.82) is 0 Å². The standard InChI is InChI=1S/C16H29N5O2/c1-13-20-15(23-21-13)9-10-18-16(17-2)19-11-12-22-14-7-5-3-4-6-8-14/h14H,3-12H2,1-2H3,(H2,17,18,19). The molecular weight excluding hydrogens is 294 g/mol. The number of rotatable bonds is 7. The largest absolute Gasteiger partial charge is 0.376 e. The molecule has 1 aromatic rings. The maximum absolute atomic E-state index is 5.96. The van der Waals surface area contributed by atoms with Crippen LogP contribution in [0.3, 0.4) is 0 Å². The Morgan fingerprint density at radius 3 is 2.61 bits per heavy atom. The Balaban J connectivity index is 1.55. The number of nitrogens with zero attached hydrogens (tertiary/aromatic N) is 3. The number of nitrogens with one attached hydrogen (secondary N) is 2. The highest BCUT2D eigenvalue weighted by Crippen LogP contribution is 2.19. The van der Waals surface area contributed by atoms with Crippen molar-refractivity contribution < 1.29 is 9.26 Å². The molecule has 1 aromatic heterocycles. The van der Waals surface area contributed by atoms with E-state index in [0.717, 1.165) is 12.5 Å². The molecule has 0 unspecified atom stereocenters. The number of aryl methyl sites for hydroxylation is 1. The molecule has 2 N–H and O–H groups in total. The molecule has 0 bridgehead atoms. The van der Waals surface area contributed by atoms with E-state index in [4.69, 9.17) is 9.26 Å². The van der Waals surface area contributed by atoms with Gasteiger partial charge in [-0.2, -0.15) is 4.98 Å². The highest BCUT2D eigenvalue weighted by Gasteiger charge is 2.12. The van der Waals surface area contributed by atoms with Crippen molar-refractivity contribution in [2.45, 2.75) is 58.0 Å². The van der Waals surface area contributed by atoms with Gasteiger partial charge in [0.05, 0.1) is 12.7 Å². The van der Waals surface area contributed by atoms with Crippen LogP contribution in [0.5, 0.6) is 0 Å². The number of ether oxygens (including phenoxy) is 1. The first-order valence-electron chi connectivity index (χ1n) is 8.63. The summed E-state index contributed by atoms with van der Waals surface area (Å²) in [6.07, 6.45) is 8.85. The second kappa shape index (κ2) is 10.2. The van der Waals surface area contributed by atoms with E-state index >= 15 is 0 Å². The van der Waals surface area contributed by atoms with E-state index in [2.05, 4.69) is 25.8 Å². The molecule has 1 saturated carbocycles. The molecule has 7 heteroatoms. The fourth-order valence-corrected chi connectivity index (χ4v) is 2.75. The van der Waals surface area contributed by atoms with Crippen LogP contribution in [-0.2, 0) is 11.2 Å². The zero-order valence-corrected chi connectivity index (χ0v) is 14.3. The van der Waals surface area contributed by atoms with Gasteiger partial charge in [0, 0.05) is 26.6 Å². The van der Waals surface area contributed by atoms with Crippen LogP contribution in [-0.4, -0.2) is 48.9 Å². The zero-order valence-electron chi connectivity index (χ0n) is 14.3. The Morgan fingerprint density at radius 2 is 1.96 bits per heavy atom. The summed E-state index contributed by atoms with van der Waals surface area (Å²) < 4.78 is 11.0. The van der Waals surface area contributed by atoms with Crippen molar-refractivity contribution in [3.05, 3.63) is 11.7 Å². The van der Waals surface area contributed by atoms with Crippen LogP contribution in [0, 0.1) is 6.92 Å². The number of aliphatic imine (C=N–C) groups is 1. The quantitative estimate of drug-likeness (QED) is 0.345. The summed E-state index contributed by atoms with van der Waals surface area (Å²) >= 11 is 0. The molecule has 0 saturated heterocycles. The Bertz CT molecular complexity index is 467. The summed E-state index contributed by atoms with van der Waals surface area (Å²) in [5.41, 5.74) is 0. The van der Waals surface area contributed by atoms with E-state index in [9.17, 15) is 0 Å². The van der Waals surface area contributed by atoms with Crippen LogP contribution in [0.4, 0.5) is 0 Å². The summed E-state index contributed by atoms with van der Waals surface area (Å²) in [5, 5.41) is 10.3. The number of guanidine groups is 1. The molecular formula is C16H29N5O2. The SMILES string of the molecule is CN=C(NCCOC1CCCCCC1)NCCc1nc(C)no1. The molecule has 1 fully saturated rings. The second-order valence-corrected chi connectivity index (χ2v) is 5.90. The van der Waals surface area contributed by atoms with Crippen LogP contribution >= 0.6 is 0 Å². The van der Waals surface area contributed by atoms with Gasteiger partial charge in [-0.15, -0.1) is 0 Å². The van der Waals surface area contributed by atoms with Crippen LogP contribution in [0.25, 0.3) is 0 Å². The minimum Gasteiger partial charge on any atom is -0.376 e. The van der Waals surface area contributed by atoms with E-state index in [1.165, 1.54) is 38.5 Å². The highest BCUT2D eigenvalue weighted by atomic mass is 16.5. The molecule has 0 amide bonds. The average molecular weight is 323 g/mol. The Hall–Kier alpha value is -1.63. The van der Waals surface area contributed by atoms with Crippen LogP contribution < -0.4 is 10.6 Å². The molecule has 0 aromatic carbocycles. The van der Waals surface area contributed by atoms with Crippen molar-refractivity contribution in [1.82, 2.24) is 20.8 Å². The van der Waals surface area contributed by atoms with Gasteiger partial charge in [-0.05, 0) is 19.8 Å². The summed E-state index contributed by atoms with van der Waals surface area (Å²) in [5.74, 6) is 2.08. The third-order valence-electron chi connectivity index (χ3n) is 3.97. The molecule has 130 valence electrons. The van der Waals surface area contributed by atoms with E-state index in [-0.39, 0.29) is 0 Å². The fourth-order valence-electron chi connectivity index (χ4n) is 2.75. The highest BCUT2D eigenvalue weighted by molar-refractivity contribution is 5.79. The summed E-state index contributed by atoms with van der Waals surface area (Å²) in [6, 6.07) is 0. The molecule has 1 heterocycles. The molecule has 0 radical (unpaired) electrons. The van der Waals surface area contributed by atoms with Crippen molar-refractivity contribution in [2.75, 3.05) is 26.7 Å². The van der Waals surface area contributed by atoms with Crippen molar-refractivity contribution in [2.24, 2.45) is 4.99 Å². The topological polar surface area (TPSA) is 84.6 Å². The Kier molecular flexibility index (Phi) is 7.86. The minimum atomic E-state index is 0.440. The summed E-state index contributed by atoms with van der Waals surface area (Å²) in [7, 11) is 1.76. The van der Waals surface area contributed by atoms with Crippen LogP contribution in [0.2, 0.25) is 0 Å². The lowest BCUT2D eigenvalue weighted by atomic mass is 10.1. The fraction of sp³-hybridized carbons (Fsp3) is 0.812.